The van der Waals surface area contributed by atoms with Gasteiger partial charge in [-0.1, -0.05) is 19.9 Å². The molecule has 1 amide bonds. The maximum atomic E-state index is 13.1. The zero-order valence-electron chi connectivity index (χ0n) is 18.1. The molecule has 0 saturated carbocycles. The summed E-state index contributed by atoms with van der Waals surface area (Å²) in [6.07, 6.45) is 0.686. The molecule has 162 valence electrons. The van der Waals surface area contributed by atoms with Crippen molar-refractivity contribution >= 4 is 11.9 Å². The van der Waals surface area contributed by atoms with Crippen molar-refractivity contribution in [3.8, 4) is 11.5 Å². The fourth-order valence-electron chi connectivity index (χ4n) is 2.64. The van der Waals surface area contributed by atoms with Crippen LogP contribution in [0.5, 0.6) is 11.5 Å². The van der Waals surface area contributed by atoms with Crippen molar-refractivity contribution in [1.82, 2.24) is 4.90 Å². The van der Waals surface area contributed by atoms with Crippen LogP contribution in [0.15, 0.2) is 47.5 Å². The third-order valence-corrected chi connectivity index (χ3v) is 4.34. The minimum absolute atomic E-state index is 0.235. The van der Waals surface area contributed by atoms with Crippen LogP contribution in [0.1, 0.15) is 29.8 Å². The third-order valence-electron chi connectivity index (χ3n) is 4.34. The Hall–Kier alpha value is -3.09. The molecule has 0 radical (unpaired) electrons. The lowest BCUT2D eigenvalue weighted by Gasteiger charge is -2.22. The number of methoxy groups -OCH3 is 2. The van der Waals surface area contributed by atoms with Crippen LogP contribution in [0.2, 0.25) is 0 Å². The number of hydrogen-bond acceptors (Lipinski definition) is 4. The predicted octanol–water partition coefficient (Wildman–Crippen LogP) is 4.19. The second-order valence-electron chi connectivity index (χ2n) is 7.27. The van der Waals surface area contributed by atoms with Crippen LogP contribution in [-0.4, -0.2) is 51.2 Å². The van der Waals surface area contributed by atoms with Gasteiger partial charge in [-0.15, -0.1) is 0 Å². The minimum atomic E-state index is -0.480. The van der Waals surface area contributed by atoms with Gasteiger partial charge in [-0.05, 0) is 54.3 Å². The third kappa shape index (κ3) is 6.76. The van der Waals surface area contributed by atoms with Crippen molar-refractivity contribution in [2.45, 2.75) is 20.3 Å². The molecule has 0 aliphatic rings. The number of rotatable bonds is 8. The second kappa shape index (κ2) is 11.2. The average molecular weight is 416 g/mol. The highest BCUT2D eigenvalue weighted by atomic mass is 19.1. The number of nitrogens with zero attached hydrogens (tertiary/aromatic N) is 2. The van der Waals surface area contributed by atoms with E-state index in [0.717, 1.165) is 5.56 Å². The first-order valence-electron chi connectivity index (χ1n) is 9.77. The Morgan fingerprint density at radius 3 is 2.33 bits per heavy atom. The number of halogens is 1. The monoisotopic (exact) mass is 416 g/mol. The summed E-state index contributed by atoms with van der Waals surface area (Å²) in [5, 5.41) is 0. The van der Waals surface area contributed by atoms with Gasteiger partial charge < -0.3 is 19.1 Å². The van der Waals surface area contributed by atoms with Gasteiger partial charge in [0.2, 0.25) is 0 Å². The van der Waals surface area contributed by atoms with Gasteiger partial charge in [0.15, 0.2) is 11.5 Å². The summed E-state index contributed by atoms with van der Waals surface area (Å²) in [6, 6.07) is 11.3. The van der Waals surface area contributed by atoms with Crippen molar-refractivity contribution in [3.63, 3.8) is 0 Å². The van der Waals surface area contributed by atoms with Gasteiger partial charge >= 0.3 is 0 Å². The van der Waals surface area contributed by atoms with Crippen molar-refractivity contribution in [2.24, 2.45) is 10.9 Å². The molecule has 0 saturated heterocycles. The second-order valence-corrected chi connectivity index (χ2v) is 7.27. The SMILES string of the molecule is COc1ccc(CCN(C)C(=NC(=O)c2ccc(F)cc2)OCC(C)C)cc1OC. The summed E-state index contributed by atoms with van der Waals surface area (Å²) in [6.45, 7) is 5.03. The number of likely N-dealkylation sites (N-methyl/N-ethyl adjacent to an activating group) is 1. The fraction of sp³-hybridized carbons (Fsp3) is 0.391. The molecule has 0 atom stereocenters. The molecule has 0 aliphatic carbocycles. The molecule has 0 aromatic heterocycles. The summed E-state index contributed by atoms with van der Waals surface area (Å²) in [5.41, 5.74) is 1.35. The van der Waals surface area contributed by atoms with Crippen LogP contribution in [0, 0.1) is 11.7 Å². The predicted molar refractivity (Wildman–Crippen MR) is 115 cm³/mol. The first kappa shape index (κ1) is 23.2. The van der Waals surface area contributed by atoms with E-state index in [1.165, 1.54) is 24.3 Å². The van der Waals surface area contributed by atoms with E-state index in [2.05, 4.69) is 4.99 Å². The maximum Gasteiger partial charge on any atom is 0.295 e. The minimum Gasteiger partial charge on any atom is -0.493 e. The van der Waals surface area contributed by atoms with E-state index >= 15 is 0 Å². The van der Waals surface area contributed by atoms with Crippen LogP contribution in [0.25, 0.3) is 0 Å². The quantitative estimate of drug-likeness (QED) is 0.477. The number of ether oxygens (including phenoxy) is 3. The zero-order chi connectivity index (χ0) is 22.1. The van der Waals surface area contributed by atoms with Crippen molar-refractivity contribution in [3.05, 3.63) is 59.4 Å². The molecule has 2 aromatic carbocycles. The van der Waals surface area contributed by atoms with E-state index in [0.29, 0.717) is 36.6 Å². The van der Waals surface area contributed by atoms with Gasteiger partial charge in [-0.3, -0.25) is 4.79 Å². The molecule has 7 heteroatoms. The summed E-state index contributed by atoms with van der Waals surface area (Å²) < 4.78 is 29.5. The topological polar surface area (TPSA) is 60.4 Å². The number of amidine groups is 1. The van der Waals surface area contributed by atoms with Crippen LogP contribution < -0.4 is 9.47 Å². The average Bonchev–Trinajstić information content (AvgIpc) is 2.74. The lowest BCUT2D eigenvalue weighted by atomic mass is 10.1. The Morgan fingerprint density at radius 1 is 1.07 bits per heavy atom. The van der Waals surface area contributed by atoms with Crippen molar-refractivity contribution in [1.29, 1.82) is 0 Å². The Morgan fingerprint density at radius 2 is 1.73 bits per heavy atom. The van der Waals surface area contributed by atoms with Gasteiger partial charge in [0.1, 0.15) is 5.82 Å². The highest BCUT2D eigenvalue weighted by molar-refractivity contribution is 6.01. The van der Waals surface area contributed by atoms with Crippen LogP contribution >= 0.6 is 0 Å². The first-order valence-corrected chi connectivity index (χ1v) is 9.77. The standard InChI is InChI=1S/C23H29FN2O4/c1-16(2)15-30-23(25-22(27)18-7-9-19(24)10-8-18)26(3)13-12-17-6-11-20(28-4)21(14-17)29-5/h6-11,14,16H,12-13,15H2,1-5H3. The van der Waals surface area contributed by atoms with Crippen molar-refractivity contribution in [2.75, 3.05) is 34.4 Å². The Labute approximate surface area is 177 Å². The smallest absolute Gasteiger partial charge is 0.295 e. The maximum absolute atomic E-state index is 13.1. The number of amides is 1. The summed E-state index contributed by atoms with van der Waals surface area (Å²) in [4.78, 5) is 18.4. The van der Waals surface area contributed by atoms with Crippen molar-refractivity contribution < 1.29 is 23.4 Å². The molecule has 30 heavy (non-hydrogen) atoms. The summed E-state index contributed by atoms with van der Waals surface area (Å²) in [7, 11) is 5.01. The molecule has 0 heterocycles. The van der Waals surface area contributed by atoms with Gasteiger partial charge in [0.05, 0.1) is 20.8 Å². The molecule has 0 aliphatic heterocycles. The zero-order valence-corrected chi connectivity index (χ0v) is 18.1. The van der Waals surface area contributed by atoms with E-state index in [4.69, 9.17) is 14.2 Å². The molecular formula is C23H29FN2O4. The Bertz CT molecular complexity index is 866. The van der Waals surface area contributed by atoms with E-state index in [1.807, 2.05) is 39.1 Å². The normalized spacial score (nSPS) is 11.4. The molecule has 2 aromatic rings. The molecule has 0 bridgehead atoms. The van der Waals surface area contributed by atoms with Gasteiger partial charge in [-0.25, -0.2) is 4.39 Å². The molecule has 2 rings (SSSR count). The summed E-state index contributed by atoms with van der Waals surface area (Å²) >= 11 is 0. The number of hydrogen-bond donors (Lipinski definition) is 0. The van der Waals surface area contributed by atoms with Gasteiger partial charge in [0.25, 0.3) is 11.9 Å². The van der Waals surface area contributed by atoms with E-state index < -0.39 is 11.7 Å². The van der Waals surface area contributed by atoms with Gasteiger partial charge in [-0.2, -0.15) is 4.99 Å². The Balaban J connectivity index is 2.13. The number of aliphatic imine (C=N–C) groups is 1. The summed E-state index contributed by atoms with van der Waals surface area (Å²) in [5.74, 6) is 0.719. The molecule has 6 nitrogen and oxygen atoms in total. The molecule has 0 spiro atoms. The van der Waals surface area contributed by atoms with E-state index in [1.54, 1.807) is 19.1 Å². The fourth-order valence-corrected chi connectivity index (χ4v) is 2.64. The van der Waals surface area contributed by atoms with Crippen LogP contribution in [0.4, 0.5) is 4.39 Å². The lowest BCUT2D eigenvalue weighted by molar-refractivity contribution is 0.0993. The number of carbonyl (C=O) groups is 1. The molecule has 0 fully saturated rings. The van der Waals surface area contributed by atoms with E-state index in [-0.39, 0.29) is 11.9 Å². The van der Waals surface area contributed by atoms with Crippen LogP contribution in [0.3, 0.4) is 0 Å². The number of benzene rings is 2. The van der Waals surface area contributed by atoms with Gasteiger partial charge in [0, 0.05) is 19.2 Å². The highest BCUT2D eigenvalue weighted by Gasteiger charge is 2.14. The van der Waals surface area contributed by atoms with E-state index in [9.17, 15) is 9.18 Å². The molecular weight excluding hydrogens is 387 g/mol. The lowest BCUT2D eigenvalue weighted by Crippen LogP contribution is -2.33. The largest absolute Gasteiger partial charge is 0.493 e. The van der Waals surface area contributed by atoms with Crippen LogP contribution in [-0.2, 0) is 11.2 Å². The Kier molecular flexibility index (Phi) is 8.65. The highest BCUT2D eigenvalue weighted by Crippen LogP contribution is 2.27. The number of carbonyl (C=O) groups excluding carboxylic acids is 1. The first-order chi connectivity index (χ1) is 14.3. The molecule has 0 unspecified atom stereocenters. The molecule has 0 N–H and O–H groups in total.